The van der Waals surface area contributed by atoms with Crippen molar-refractivity contribution >= 4 is 29.7 Å². The van der Waals surface area contributed by atoms with Crippen molar-refractivity contribution in [3.8, 4) is 0 Å². The Kier molecular flexibility index (Phi) is 8.11. The number of aliphatic hydroxyl groups excluding tert-OH is 2. The van der Waals surface area contributed by atoms with Gasteiger partial charge in [-0.25, -0.2) is 19.2 Å². The van der Waals surface area contributed by atoms with Crippen molar-refractivity contribution in [3.05, 3.63) is 23.0 Å². The number of methoxy groups -OCH3 is 2. The van der Waals surface area contributed by atoms with Crippen LogP contribution in [0.4, 0.5) is 0 Å². The van der Waals surface area contributed by atoms with Gasteiger partial charge in [0.2, 0.25) is 6.10 Å². The number of hydrogen-bond donors (Lipinski definition) is 3. The summed E-state index contributed by atoms with van der Waals surface area (Å²) < 4.78 is 26.3. The summed E-state index contributed by atoms with van der Waals surface area (Å²) >= 11 is 0. The summed E-state index contributed by atoms with van der Waals surface area (Å²) in [5.74, 6) is -7.80. The van der Waals surface area contributed by atoms with Crippen LogP contribution in [-0.4, -0.2) is 95.8 Å². The van der Waals surface area contributed by atoms with Gasteiger partial charge in [0, 0.05) is 23.8 Å². The maximum Gasteiger partial charge on any atom is 0.348 e. The lowest BCUT2D eigenvalue weighted by atomic mass is 9.37. The number of ether oxygens (including phenoxy) is 5. The molecule has 0 radical (unpaired) electrons. The lowest BCUT2D eigenvalue weighted by Crippen LogP contribution is -2.81. The van der Waals surface area contributed by atoms with E-state index in [0.29, 0.717) is 11.1 Å². The van der Waals surface area contributed by atoms with Crippen molar-refractivity contribution in [2.75, 3.05) is 20.8 Å². The van der Waals surface area contributed by atoms with E-state index in [1.54, 1.807) is 34.6 Å². The van der Waals surface area contributed by atoms with Gasteiger partial charge in [-0.05, 0) is 44.1 Å². The summed E-state index contributed by atoms with van der Waals surface area (Å²) in [7, 11) is 2.15. The Labute approximate surface area is 242 Å². The zero-order valence-corrected chi connectivity index (χ0v) is 24.7. The van der Waals surface area contributed by atoms with Gasteiger partial charge in [0.1, 0.15) is 12.2 Å². The normalized spacial score (nSPS) is 40.6. The predicted molar refractivity (Wildman–Crippen MR) is 140 cm³/mol. The maximum absolute atomic E-state index is 13.5. The van der Waals surface area contributed by atoms with Crippen LogP contribution in [0, 0.1) is 28.6 Å². The van der Waals surface area contributed by atoms with E-state index in [2.05, 4.69) is 4.74 Å². The summed E-state index contributed by atoms with van der Waals surface area (Å²) in [6, 6.07) is 0. The van der Waals surface area contributed by atoms with Gasteiger partial charge in [-0.1, -0.05) is 19.4 Å². The Balaban J connectivity index is 1.91. The molecule has 1 unspecified atom stereocenters. The monoisotopic (exact) mass is 594 g/mol. The van der Waals surface area contributed by atoms with E-state index in [1.807, 2.05) is 0 Å². The minimum absolute atomic E-state index is 0.0457. The van der Waals surface area contributed by atoms with Gasteiger partial charge < -0.3 is 39.0 Å². The third-order valence-electron chi connectivity index (χ3n) is 9.77. The molecule has 13 heteroatoms. The Hall–Kier alpha value is -3.29. The highest BCUT2D eigenvalue weighted by molar-refractivity contribution is 5.96. The summed E-state index contributed by atoms with van der Waals surface area (Å²) in [6.45, 7) is 7.70. The molecule has 0 aromatic carbocycles. The second-order valence-corrected chi connectivity index (χ2v) is 12.3. The third kappa shape index (κ3) is 4.44. The minimum atomic E-state index is -2.89. The summed E-state index contributed by atoms with van der Waals surface area (Å²) in [4.78, 5) is 64.5. The van der Waals surface area contributed by atoms with Crippen molar-refractivity contribution < 1.29 is 63.0 Å². The zero-order chi connectivity index (χ0) is 31.5. The molecule has 3 aliphatic carbocycles. The van der Waals surface area contributed by atoms with Crippen molar-refractivity contribution in [1.82, 2.24) is 0 Å². The minimum Gasteiger partial charge on any atom is -0.478 e. The molecule has 0 spiro atoms. The summed E-state index contributed by atoms with van der Waals surface area (Å²) in [5.41, 5.74) is -4.54. The molecule has 3 fully saturated rings. The molecule has 1 saturated heterocycles. The highest BCUT2D eigenvalue weighted by Gasteiger charge is 2.79. The van der Waals surface area contributed by atoms with Crippen LogP contribution >= 0.6 is 0 Å². The largest absolute Gasteiger partial charge is 0.478 e. The Bertz CT molecular complexity index is 1260. The number of esters is 4. The van der Waals surface area contributed by atoms with Gasteiger partial charge in [-0.15, -0.1) is 0 Å². The standard InChI is InChI=1S/C29H38O13/c1-12(2)8-17(31)42-21-23-28(5)16(41-25(21)35)9-14-13(3)20(40-11-18(32)38-6)15(30)10-27(14,4)22(28)19(33)24(34)29(23,37)26(36)39-7/h8,14,16,19,21-24,33-34,37H,9-11H2,1-7H3/t14-,16+,19+,21+,22?,23+,24-,27-,28+,29-/m0/s1. The molecule has 4 rings (SSSR count). The molecule has 4 aliphatic rings. The SMILES string of the molecule is COC(=O)COC1=C(C)[C@@H]2C[C@H]3OC(=O)[C@H](OC(=O)C=C(C)C)[C@H]4[C@@](O)(C(=O)OC)[C@@H](O)[C@H](O)C([C@@]34C)[C@@]2(C)CC1=O. The number of Topliss-reactive ketones (excluding diaryl/α,β-unsaturated/α-hetero) is 1. The highest BCUT2D eigenvalue weighted by Crippen LogP contribution is 2.69. The molecule has 0 aromatic heterocycles. The number of hydrogen-bond acceptors (Lipinski definition) is 13. The van der Waals surface area contributed by atoms with E-state index in [1.165, 1.54) is 7.11 Å². The Morgan fingerprint density at radius 3 is 2.29 bits per heavy atom. The van der Waals surface area contributed by atoms with Crippen LogP contribution in [0.15, 0.2) is 23.0 Å². The van der Waals surface area contributed by atoms with E-state index in [0.717, 1.165) is 13.2 Å². The number of rotatable bonds is 6. The van der Waals surface area contributed by atoms with E-state index in [9.17, 15) is 39.3 Å². The van der Waals surface area contributed by atoms with E-state index in [4.69, 9.17) is 18.9 Å². The molecule has 3 N–H and O–H groups in total. The number of carbonyl (C=O) groups is 5. The second-order valence-electron chi connectivity index (χ2n) is 12.3. The molecule has 0 aromatic rings. The van der Waals surface area contributed by atoms with Crippen molar-refractivity contribution in [2.45, 2.75) is 77.5 Å². The number of ketones is 1. The molecule has 13 nitrogen and oxygen atoms in total. The molecule has 10 atom stereocenters. The Morgan fingerprint density at radius 2 is 1.71 bits per heavy atom. The smallest absolute Gasteiger partial charge is 0.348 e. The number of allylic oxidation sites excluding steroid dienone is 3. The van der Waals surface area contributed by atoms with Gasteiger partial charge in [0.25, 0.3) is 0 Å². The maximum atomic E-state index is 13.5. The van der Waals surface area contributed by atoms with Crippen LogP contribution in [0.3, 0.4) is 0 Å². The van der Waals surface area contributed by atoms with Gasteiger partial charge >= 0.3 is 23.9 Å². The van der Waals surface area contributed by atoms with E-state index >= 15 is 0 Å². The Morgan fingerprint density at radius 1 is 1.07 bits per heavy atom. The first-order chi connectivity index (χ1) is 19.5. The van der Waals surface area contributed by atoms with Gasteiger partial charge in [0.15, 0.2) is 23.8 Å². The lowest BCUT2D eigenvalue weighted by molar-refractivity contribution is -0.329. The van der Waals surface area contributed by atoms with Crippen LogP contribution < -0.4 is 0 Å². The molecular formula is C29H38O13. The predicted octanol–water partition coefficient (Wildman–Crippen LogP) is 0.131. The molecule has 1 heterocycles. The number of carbonyl (C=O) groups excluding carboxylic acids is 5. The second kappa shape index (κ2) is 10.8. The average molecular weight is 595 g/mol. The molecule has 42 heavy (non-hydrogen) atoms. The number of aliphatic hydroxyl groups is 3. The highest BCUT2D eigenvalue weighted by atomic mass is 16.6. The van der Waals surface area contributed by atoms with E-state index < -0.39 is 94.9 Å². The van der Waals surface area contributed by atoms with Crippen LogP contribution in [0.1, 0.15) is 47.5 Å². The van der Waals surface area contributed by atoms with E-state index in [-0.39, 0.29) is 18.6 Å². The molecule has 1 aliphatic heterocycles. The molecule has 0 bridgehead atoms. The zero-order valence-electron chi connectivity index (χ0n) is 24.7. The third-order valence-corrected chi connectivity index (χ3v) is 9.77. The van der Waals surface area contributed by atoms with Crippen LogP contribution in [0.25, 0.3) is 0 Å². The molecule has 0 amide bonds. The van der Waals surface area contributed by atoms with Crippen LogP contribution in [0.5, 0.6) is 0 Å². The topological polar surface area (TPSA) is 192 Å². The summed E-state index contributed by atoms with van der Waals surface area (Å²) in [5, 5.41) is 35.0. The van der Waals surface area contributed by atoms with Gasteiger partial charge in [0.05, 0.1) is 26.2 Å². The van der Waals surface area contributed by atoms with Crippen molar-refractivity contribution in [1.29, 1.82) is 0 Å². The summed E-state index contributed by atoms with van der Waals surface area (Å²) in [6.07, 6.45) is -5.96. The average Bonchev–Trinajstić information content (AvgIpc) is 2.90. The van der Waals surface area contributed by atoms with Gasteiger partial charge in [-0.2, -0.15) is 0 Å². The molecule has 232 valence electrons. The first-order valence-electron chi connectivity index (χ1n) is 13.7. The lowest BCUT2D eigenvalue weighted by Gasteiger charge is -2.69. The van der Waals surface area contributed by atoms with Crippen LogP contribution in [-0.2, 0) is 47.7 Å². The van der Waals surface area contributed by atoms with Crippen LogP contribution in [0.2, 0.25) is 0 Å². The fourth-order valence-corrected chi connectivity index (χ4v) is 8.21. The first-order valence-corrected chi connectivity index (χ1v) is 13.7. The first kappa shape index (κ1) is 31.6. The number of fused-ring (bicyclic) bond motifs is 2. The molecular weight excluding hydrogens is 556 g/mol. The molecule has 2 saturated carbocycles. The van der Waals surface area contributed by atoms with Gasteiger partial charge in [-0.3, -0.25) is 4.79 Å². The van der Waals surface area contributed by atoms with Crippen molar-refractivity contribution in [3.63, 3.8) is 0 Å². The fourth-order valence-electron chi connectivity index (χ4n) is 8.21. The quantitative estimate of drug-likeness (QED) is 0.214. The fraction of sp³-hybridized carbons (Fsp3) is 0.690. The van der Waals surface area contributed by atoms with Crippen molar-refractivity contribution in [2.24, 2.45) is 28.6 Å².